The van der Waals surface area contributed by atoms with Gasteiger partial charge >= 0.3 is 0 Å². The van der Waals surface area contributed by atoms with Gasteiger partial charge in [-0.3, -0.25) is 0 Å². The second-order valence-corrected chi connectivity index (χ2v) is 6.63. The lowest BCUT2D eigenvalue weighted by Gasteiger charge is -2.17. The molecule has 0 saturated carbocycles. The van der Waals surface area contributed by atoms with E-state index in [4.69, 9.17) is 0 Å². The molecule has 0 nitrogen and oxygen atoms in total. The van der Waals surface area contributed by atoms with E-state index in [2.05, 4.69) is 65.0 Å². The average Bonchev–Trinajstić information content (AvgIpc) is 2.37. The minimum atomic E-state index is 0.696. The van der Waals surface area contributed by atoms with Crippen LogP contribution in [0.4, 0.5) is 0 Å². The van der Waals surface area contributed by atoms with Crippen molar-refractivity contribution in [1.29, 1.82) is 0 Å². The molecule has 1 aliphatic rings. The molecule has 112 valence electrons. The molecule has 1 unspecified atom stereocenters. The summed E-state index contributed by atoms with van der Waals surface area (Å²) in [6.07, 6.45) is 17.9. The highest BCUT2D eigenvalue weighted by molar-refractivity contribution is 5.19. The number of hydrogen-bond donors (Lipinski definition) is 0. The van der Waals surface area contributed by atoms with E-state index < -0.39 is 0 Å². The zero-order valence-electron chi connectivity index (χ0n) is 14.1. The van der Waals surface area contributed by atoms with Gasteiger partial charge in [0.25, 0.3) is 0 Å². The van der Waals surface area contributed by atoms with Gasteiger partial charge in [0.1, 0.15) is 0 Å². The van der Waals surface area contributed by atoms with Crippen LogP contribution >= 0.6 is 0 Å². The number of hydrogen-bond acceptors (Lipinski definition) is 0. The van der Waals surface area contributed by atoms with Crippen molar-refractivity contribution < 1.29 is 0 Å². The Morgan fingerprint density at radius 3 is 2.35 bits per heavy atom. The van der Waals surface area contributed by atoms with Gasteiger partial charge in [-0.15, -0.1) is 0 Å². The van der Waals surface area contributed by atoms with Crippen LogP contribution in [-0.2, 0) is 0 Å². The molecule has 1 rings (SSSR count). The van der Waals surface area contributed by atoms with E-state index in [-0.39, 0.29) is 0 Å². The Bertz CT molecular complexity index is 402. The first-order valence-corrected chi connectivity index (χ1v) is 8.15. The van der Waals surface area contributed by atoms with Crippen molar-refractivity contribution in [2.75, 3.05) is 0 Å². The lowest BCUT2D eigenvalue weighted by molar-refractivity contribution is 0.435. The molecule has 0 aromatic rings. The van der Waals surface area contributed by atoms with Gasteiger partial charge < -0.3 is 0 Å². The molecular formula is C20H32. The second kappa shape index (κ2) is 9.00. The Kier molecular flexibility index (Phi) is 7.65. The second-order valence-electron chi connectivity index (χ2n) is 6.63. The lowest BCUT2D eigenvalue weighted by atomic mass is 9.88. The van der Waals surface area contributed by atoms with Crippen LogP contribution in [0.2, 0.25) is 0 Å². The molecule has 0 radical (unpaired) electrons. The molecule has 1 aliphatic carbocycles. The zero-order valence-corrected chi connectivity index (χ0v) is 14.1. The van der Waals surface area contributed by atoms with Gasteiger partial charge in [0.05, 0.1) is 0 Å². The molecule has 0 amide bonds. The van der Waals surface area contributed by atoms with E-state index in [0.717, 1.165) is 12.3 Å². The highest BCUT2D eigenvalue weighted by Gasteiger charge is 2.09. The van der Waals surface area contributed by atoms with Crippen molar-refractivity contribution in [3.05, 3.63) is 47.1 Å². The fourth-order valence-electron chi connectivity index (χ4n) is 2.59. The minimum Gasteiger partial charge on any atom is -0.0853 e. The molecule has 0 spiro atoms. The fourth-order valence-corrected chi connectivity index (χ4v) is 2.59. The lowest BCUT2D eigenvalue weighted by Crippen LogP contribution is -2.05. The van der Waals surface area contributed by atoms with E-state index in [0.29, 0.717) is 5.92 Å². The van der Waals surface area contributed by atoms with Gasteiger partial charge in [-0.05, 0) is 64.7 Å². The summed E-state index contributed by atoms with van der Waals surface area (Å²) >= 11 is 0. The van der Waals surface area contributed by atoms with Crippen molar-refractivity contribution >= 4 is 0 Å². The topological polar surface area (TPSA) is 0 Å². The summed E-state index contributed by atoms with van der Waals surface area (Å²) in [4.78, 5) is 0. The summed E-state index contributed by atoms with van der Waals surface area (Å²) in [5.74, 6) is 1.42. The molecule has 0 aliphatic heterocycles. The molecule has 0 bridgehead atoms. The van der Waals surface area contributed by atoms with Crippen molar-refractivity contribution in [2.45, 2.75) is 66.7 Å². The predicted octanol–water partition coefficient (Wildman–Crippen LogP) is 6.62. The maximum atomic E-state index is 2.44. The summed E-state index contributed by atoms with van der Waals surface area (Å²) in [5, 5.41) is 0. The third kappa shape index (κ3) is 6.93. The van der Waals surface area contributed by atoms with Crippen LogP contribution in [0.15, 0.2) is 47.1 Å². The monoisotopic (exact) mass is 272 g/mol. The molecule has 0 saturated heterocycles. The fraction of sp³-hybridized carbons (Fsp3) is 0.600. The van der Waals surface area contributed by atoms with Crippen LogP contribution in [-0.4, -0.2) is 0 Å². The summed E-state index contributed by atoms with van der Waals surface area (Å²) in [7, 11) is 0. The normalized spacial score (nSPS) is 32.3. The SMILES string of the molecule is CC1=C/C/C=C(/C)CC/C=C(/C)CCC(C(C)C)\C=C\1. The first-order chi connectivity index (χ1) is 9.49. The van der Waals surface area contributed by atoms with E-state index in [1.807, 2.05) is 0 Å². The molecule has 0 fully saturated rings. The molecular weight excluding hydrogens is 240 g/mol. The Morgan fingerprint density at radius 2 is 1.65 bits per heavy atom. The molecule has 20 heavy (non-hydrogen) atoms. The highest BCUT2D eigenvalue weighted by atomic mass is 14.1. The smallest absolute Gasteiger partial charge is 0.0161 e. The Balaban J connectivity index is 2.85. The molecule has 0 heteroatoms. The van der Waals surface area contributed by atoms with Crippen LogP contribution in [0.25, 0.3) is 0 Å². The van der Waals surface area contributed by atoms with Crippen molar-refractivity contribution in [2.24, 2.45) is 11.8 Å². The first kappa shape index (κ1) is 17.0. The minimum absolute atomic E-state index is 0.696. The number of rotatable bonds is 1. The van der Waals surface area contributed by atoms with E-state index in [9.17, 15) is 0 Å². The Hall–Kier alpha value is -1.04. The molecule has 1 atom stereocenters. The molecule has 0 aromatic heterocycles. The third-order valence-corrected chi connectivity index (χ3v) is 4.27. The molecule has 0 N–H and O–H groups in total. The zero-order chi connectivity index (χ0) is 15.0. The first-order valence-electron chi connectivity index (χ1n) is 8.15. The summed E-state index contributed by atoms with van der Waals surface area (Å²) in [6.45, 7) is 11.4. The van der Waals surface area contributed by atoms with Crippen molar-refractivity contribution in [3.63, 3.8) is 0 Å². The Morgan fingerprint density at radius 1 is 0.950 bits per heavy atom. The summed E-state index contributed by atoms with van der Waals surface area (Å²) in [6, 6.07) is 0. The van der Waals surface area contributed by atoms with Crippen LogP contribution in [0.5, 0.6) is 0 Å². The van der Waals surface area contributed by atoms with E-state index in [1.54, 1.807) is 5.57 Å². The highest BCUT2D eigenvalue weighted by Crippen LogP contribution is 2.23. The van der Waals surface area contributed by atoms with Gasteiger partial charge in [-0.1, -0.05) is 60.9 Å². The quantitative estimate of drug-likeness (QED) is 0.471. The van der Waals surface area contributed by atoms with Gasteiger partial charge in [0.2, 0.25) is 0 Å². The van der Waals surface area contributed by atoms with Crippen LogP contribution in [0.1, 0.15) is 66.7 Å². The van der Waals surface area contributed by atoms with Gasteiger partial charge in [-0.2, -0.15) is 0 Å². The maximum absolute atomic E-state index is 2.44. The maximum Gasteiger partial charge on any atom is -0.0161 e. The van der Waals surface area contributed by atoms with Gasteiger partial charge in [0, 0.05) is 0 Å². The third-order valence-electron chi connectivity index (χ3n) is 4.27. The van der Waals surface area contributed by atoms with Gasteiger partial charge in [0.15, 0.2) is 0 Å². The average molecular weight is 272 g/mol. The van der Waals surface area contributed by atoms with Crippen LogP contribution in [0, 0.1) is 11.8 Å². The van der Waals surface area contributed by atoms with Crippen LogP contribution in [0.3, 0.4) is 0 Å². The molecule has 0 aromatic carbocycles. The molecule has 0 heterocycles. The van der Waals surface area contributed by atoms with Crippen LogP contribution < -0.4 is 0 Å². The summed E-state index contributed by atoms with van der Waals surface area (Å²) < 4.78 is 0. The van der Waals surface area contributed by atoms with E-state index in [1.165, 1.54) is 36.8 Å². The van der Waals surface area contributed by atoms with Crippen molar-refractivity contribution in [3.8, 4) is 0 Å². The largest absolute Gasteiger partial charge is 0.0853 e. The van der Waals surface area contributed by atoms with Gasteiger partial charge in [-0.25, -0.2) is 0 Å². The summed E-state index contributed by atoms with van der Waals surface area (Å²) in [5.41, 5.74) is 4.46. The van der Waals surface area contributed by atoms with Crippen molar-refractivity contribution in [1.82, 2.24) is 0 Å². The number of allylic oxidation sites excluding steroid dienone is 8. The standard InChI is InChI=1S/C20H32/c1-16(2)20-14-12-18(4)10-6-8-17(3)9-7-11-19(5)13-15-20/h8,10-12,14,16,20H,6-7,9,13,15H2,1-5H3/b14-12+,17-8-,18-10-,19-11-. The van der Waals surface area contributed by atoms with E-state index >= 15 is 0 Å². The predicted molar refractivity (Wildman–Crippen MR) is 91.8 cm³/mol. The Labute approximate surface area is 126 Å².